The molecule has 0 radical (unpaired) electrons. The maximum atomic E-state index is 12.7. The van der Waals surface area contributed by atoms with Gasteiger partial charge in [0.15, 0.2) is 5.60 Å². The molecule has 0 spiro atoms. The average molecular weight is 366 g/mol. The average Bonchev–Trinajstić information content (AvgIpc) is 2.69. The van der Waals surface area contributed by atoms with Gasteiger partial charge in [0.25, 0.3) is 0 Å². The molecule has 2 aromatic rings. The largest absolute Gasteiger partial charge is 0.459 e. The minimum Gasteiger partial charge on any atom is -0.459 e. The second kappa shape index (κ2) is 8.98. The molecule has 3 atom stereocenters. The van der Waals surface area contributed by atoms with Gasteiger partial charge in [-0.25, -0.2) is 4.79 Å². The fourth-order valence-corrected chi connectivity index (χ4v) is 3.35. The van der Waals surface area contributed by atoms with Crippen molar-refractivity contribution in [1.82, 2.24) is 0 Å². The van der Waals surface area contributed by atoms with Gasteiger partial charge < -0.3 is 14.6 Å². The summed E-state index contributed by atoms with van der Waals surface area (Å²) in [5, 5.41) is 11.1. The monoisotopic (exact) mass is 366 g/mol. The fourth-order valence-electron chi connectivity index (χ4n) is 3.35. The minimum absolute atomic E-state index is 0.102. The molecular weight excluding hydrogens is 340 g/mol. The molecule has 0 heterocycles. The highest BCUT2D eigenvalue weighted by Crippen LogP contribution is 2.34. The summed E-state index contributed by atoms with van der Waals surface area (Å²) >= 11 is 0. The molecule has 2 aromatic carbocycles. The molecule has 27 heavy (non-hydrogen) atoms. The van der Waals surface area contributed by atoms with Gasteiger partial charge in [0.2, 0.25) is 0 Å². The van der Waals surface area contributed by atoms with Crippen LogP contribution in [0.2, 0.25) is 0 Å². The number of esters is 1. The van der Waals surface area contributed by atoms with Crippen molar-refractivity contribution in [3.8, 4) is 0 Å². The van der Waals surface area contributed by atoms with Crippen LogP contribution in [0, 0.1) is 11.8 Å². The Morgan fingerprint density at radius 3 is 2.22 bits per heavy atom. The first-order chi connectivity index (χ1) is 13.1. The summed E-state index contributed by atoms with van der Waals surface area (Å²) in [5.41, 5.74) is 0.381. The van der Waals surface area contributed by atoms with Gasteiger partial charge in [-0.2, -0.15) is 0 Å². The SMILES string of the molecule is C[C@H]1C=C[C@@H](COCc2ccccc2)[C@@](O)(C(=O)OCc2ccccc2)C1. The standard InChI is InChI=1S/C23H26O4/c1-18-12-13-21(17-26-15-19-8-4-2-5-9-19)23(25,14-18)22(24)27-16-20-10-6-3-7-11-20/h2-13,18,21,25H,14-17H2,1H3/t18-,21-,23+/m0/s1. The molecule has 0 aliphatic heterocycles. The molecule has 0 saturated carbocycles. The van der Waals surface area contributed by atoms with Gasteiger partial charge in [0, 0.05) is 5.92 Å². The van der Waals surface area contributed by atoms with E-state index in [1.54, 1.807) is 0 Å². The molecule has 0 amide bonds. The van der Waals surface area contributed by atoms with Crippen LogP contribution in [0.5, 0.6) is 0 Å². The molecule has 3 rings (SSSR count). The summed E-state index contributed by atoms with van der Waals surface area (Å²) in [7, 11) is 0. The van der Waals surface area contributed by atoms with Crippen LogP contribution in [0.1, 0.15) is 24.5 Å². The molecule has 0 aromatic heterocycles. The lowest BCUT2D eigenvalue weighted by molar-refractivity contribution is -0.176. The zero-order chi connectivity index (χ0) is 19.1. The topological polar surface area (TPSA) is 55.8 Å². The number of allylic oxidation sites excluding steroid dienone is 1. The minimum atomic E-state index is -1.57. The molecular formula is C23H26O4. The maximum absolute atomic E-state index is 12.7. The van der Waals surface area contributed by atoms with E-state index < -0.39 is 17.5 Å². The van der Waals surface area contributed by atoms with Crippen molar-refractivity contribution < 1.29 is 19.4 Å². The van der Waals surface area contributed by atoms with Gasteiger partial charge in [-0.1, -0.05) is 79.7 Å². The van der Waals surface area contributed by atoms with E-state index in [4.69, 9.17) is 9.47 Å². The lowest BCUT2D eigenvalue weighted by Crippen LogP contribution is -2.50. The zero-order valence-electron chi connectivity index (χ0n) is 15.6. The molecule has 1 aliphatic carbocycles. The summed E-state index contributed by atoms with van der Waals surface area (Å²) in [6.07, 6.45) is 4.23. The van der Waals surface area contributed by atoms with Crippen molar-refractivity contribution >= 4 is 5.97 Å². The highest BCUT2D eigenvalue weighted by molar-refractivity contribution is 5.80. The van der Waals surface area contributed by atoms with Gasteiger partial charge in [0.1, 0.15) is 6.61 Å². The third kappa shape index (κ3) is 5.06. The third-order valence-electron chi connectivity index (χ3n) is 4.89. The Kier molecular flexibility index (Phi) is 6.43. The zero-order valence-corrected chi connectivity index (χ0v) is 15.6. The van der Waals surface area contributed by atoms with Gasteiger partial charge >= 0.3 is 5.97 Å². The Hall–Kier alpha value is -2.43. The molecule has 1 N–H and O–H groups in total. The fraction of sp³-hybridized carbons (Fsp3) is 0.348. The first kappa shape index (κ1) is 19.3. The number of aliphatic hydroxyl groups is 1. The molecule has 0 bridgehead atoms. The van der Waals surface area contributed by atoms with Crippen LogP contribution in [-0.2, 0) is 27.5 Å². The summed E-state index contributed by atoms with van der Waals surface area (Å²) < 4.78 is 11.2. The highest BCUT2D eigenvalue weighted by Gasteiger charge is 2.47. The van der Waals surface area contributed by atoms with E-state index >= 15 is 0 Å². The van der Waals surface area contributed by atoms with Crippen molar-refractivity contribution in [2.75, 3.05) is 6.61 Å². The Labute approximate surface area is 160 Å². The molecule has 0 saturated heterocycles. The molecule has 0 fully saturated rings. The van der Waals surface area contributed by atoms with Gasteiger partial charge in [0.05, 0.1) is 13.2 Å². The molecule has 0 unspecified atom stereocenters. The smallest absolute Gasteiger partial charge is 0.339 e. The number of carbonyl (C=O) groups excluding carboxylic acids is 1. The van der Waals surface area contributed by atoms with Gasteiger partial charge in [-0.05, 0) is 23.5 Å². The van der Waals surface area contributed by atoms with E-state index in [-0.39, 0.29) is 19.1 Å². The van der Waals surface area contributed by atoms with Crippen molar-refractivity contribution in [2.24, 2.45) is 11.8 Å². The first-order valence-corrected chi connectivity index (χ1v) is 9.31. The second-order valence-corrected chi connectivity index (χ2v) is 7.16. The Balaban J connectivity index is 1.62. The summed E-state index contributed by atoms with van der Waals surface area (Å²) in [6.45, 7) is 2.83. The number of carbonyl (C=O) groups is 1. The quantitative estimate of drug-likeness (QED) is 0.597. The number of ether oxygens (including phenoxy) is 2. The highest BCUT2D eigenvalue weighted by atomic mass is 16.6. The summed E-state index contributed by atoms with van der Waals surface area (Å²) in [6, 6.07) is 19.3. The van der Waals surface area contributed by atoms with Crippen LogP contribution >= 0.6 is 0 Å². The van der Waals surface area contributed by atoms with Crippen LogP contribution in [0.25, 0.3) is 0 Å². The van der Waals surface area contributed by atoms with Crippen molar-refractivity contribution in [1.29, 1.82) is 0 Å². The van der Waals surface area contributed by atoms with Crippen molar-refractivity contribution in [3.05, 3.63) is 83.9 Å². The normalized spacial score (nSPS) is 24.5. The van der Waals surface area contributed by atoms with Crippen LogP contribution in [-0.4, -0.2) is 23.3 Å². The lowest BCUT2D eigenvalue weighted by Gasteiger charge is -2.36. The van der Waals surface area contributed by atoms with E-state index in [9.17, 15) is 9.90 Å². The van der Waals surface area contributed by atoms with Gasteiger partial charge in [-0.15, -0.1) is 0 Å². The van der Waals surface area contributed by atoms with E-state index in [1.165, 1.54) is 0 Å². The predicted octanol–water partition coefficient (Wildman–Crippen LogP) is 3.89. The van der Waals surface area contributed by atoms with Crippen LogP contribution < -0.4 is 0 Å². The summed E-state index contributed by atoms with van der Waals surface area (Å²) in [4.78, 5) is 12.7. The number of rotatable bonds is 7. The maximum Gasteiger partial charge on any atom is 0.339 e. The molecule has 1 aliphatic rings. The summed E-state index contributed by atoms with van der Waals surface area (Å²) in [5.74, 6) is -0.916. The van der Waals surface area contributed by atoms with Crippen molar-refractivity contribution in [3.63, 3.8) is 0 Å². The number of hydrogen-bond donors (Lipinski definition) is 1. The number of benzene rings is 2. The lowest BCUT2D eigenvalue weighted by atomic mass is 9.76. The van der Waals surface area contributed by atoms with Crippen LogP contribution in [0.3, 0.4) is 0 Å². The molecule has 142 valence electrons. The first-order valence-electron chi connectivity index (χ1n) is 9.31. The Morgan fingerprint density at radius 1 is 1.00 bits per heavy atom. The second-order valence-electron chi connectivity index (χ2n) is 7.16. The number of hydrogen-bond acceptors (Lipinski definition) is 4. The Bertz CT molecular complexity index is 756. The van der Waals surface area contributed by atoms with Gasteiger partial charge in [-0.3, -0.25) is 0 Å². The molecule has 4 nitrogen and oxygen atoms in total. The third-order valence-corrected chi connectivity index (χ3v) is 4.89. The van der Waals surface area contributed by atoms with Crippen molar-refractivity contribution in [2.45, 2.75) is 32.2 Å². The molecule has 4 heteroatoms. The predicted molar refractivity (Wildman–Crippen MR) is 104 cm³/mol. The van der Waals surface area contributed by atoms with Crippen LogP contribution in [0.4, 0.5) is 0 Å². The van der Waals surface area contributed by atoms with E-state index in [2.05, 4.69) is 0 Å². The Morgan fingerprint density at radius 2 is 1.59 bits per heavy atom. The van der Waals surface area contributed by atoms with E-state index in [1.807, 2.05) is 79.7 Å². The van der Waals surface area contributed by atoms with Crippen LogP contribution in [0.15, 0.2) is 72.8 Å². The van der Waals surface area contributed by atoms with E-state index in [0.29, 0.717) is 13.0 Å². The van der Waals surface area contributed by atoms with E-state index in [0.717, 1.165) is 11.1 Å².